The minimum Gasteiger partial charge on any atom is -0.451 e. The first-order valence-corrected chi connectivity index (χ1v) is 8.84. The van der Waals surface area contributed by atoms with E-state index < -0.39 is 30.1 Å². The van der Waals surface area contributed by atoms with Crippen LogP contribution in [0.25, 0.3) is 0 Å². The summed E-state index contributed by atoms with van der Waals surface area (Å²) in [5, 5.41) is 7.43. The number of halogens is 2. The van der Waals surface area contributed by atoms with Gasteiger partial charge in [-0.25, -0.2) is 18.6 Å². The molecule has 0 fully saturated rings. The molecule has 1 aromatic heterocycles. The number of ether oxygens (including phenoxy) is 1. The highest BCUT2D eigenvalue weighted by Crippen LogP contribution is 2.17. The van der Waals surface area contributed by atoms with Gasteiger partial charge >= 0.3 is 5.97 Å². The predicted octanol–water partition coefficient (Wildman–Crippen LogP) is 3.67. The summed E-state index contributed by atoms with van der Waals surface area (Å²) >= 11 is 1.26. The highest BCUT2D eigenvalue weighted by molar-refractivity contribution is 7.13. The molecule has 9 heteroatoms. The third kappa shape index (κ3) is 6.07. The van der Waals surface area contributed by atoms with Crippen molar-refractivity contribution in [2.75, 3.05) is 23.8 Å². The molecule has 1 amide bonds. The van der Waals surface area contributed by atoms with Crippen molar-refractivity contribution in [2.45, 2.75) is 20.3 Å². The molecule has 0 saturated heterocycles. The number of nitrogens with one attached hydrogen (secondary N) is 2. The van der Waals surface area contributed by atoms with Crippen LogP contribution in [-0.2, 0) is 9.53 Å². The molecule has 26 heavy (non-hydrogen) atoms. The number of hydrogen-bond acceptors (Lipinski definition) is 6. The molecule has 1 aromatic carbocycles. The highest BCUT2D eigenvalue weighted by atomic mass is 32.1. The molecule has 0 radical (unpaired) electrons. The second-order valence-corrected chi connectivity index (χ2v) is 6.75. The number of benzene rings is 1. The van der Waals surface area contributed by atoms with E-state index >= 15 is 0 Å². The van der Waals surface area contributed by atoms with E-state index in [0.717, 1.165) is 25.1 Å². The van der Waals surface area contributed by atoms with Crippen LogP contribution in [0.5, 0.6) is 0 Å². The van der Waals surface area contributed by atoms with Gasteiger partial charge in [-0.3, -0.25) is 4.79 Å². The second kappa shape index (κ2) is 9.23. The number of thiazole rings is 1. The molecule has 0 unspecified atom stereocenters. The Morgan fingerprint density at radius 1 is 1.31 bits per heavy atom. The van der Waals surface area contributed by atoms with Gasteiger partial charge in [-0.2, -0.15) is 0 Å². The molecule has 2 N–H and O–H groups in total. The number of aromatic nitrogens is 1. The fourth-order valence-electron chi connectivity index (χ4n) is 1.90. The zero-order valence-corrected chi connectivity index (χ0v) is 15.2. The Morgan fingerprint density at radius 3 is 2.77 bits per heavy atom. The normalized spacial score (nSPS) is 10.7. The van der Waals surface area contributed by atoms with Gasteiger partial charge in [0.05, 0.1) is 5.69 Å². The Kier molecular flexibility index (Phi) is 7.02. The van der Waals surface area contributed by atoms with Gasteiger partial charge in [0.1, 0.15) is 11.6 Å². The van der Waals surface area contributed by atoms with Crippen LogP contribution in [0.3, 0.4) is 0 Å². The maximum Gasteiger partial charge on any atom is 0.358 e. The third-order valence-corrected chi connectivity index (χ3v) is 4.05. The van der Waals surface area contributed by atoms with Crippen LogP contribution < -0.4 is 10.6 Å². The lowest BCUT2D eigenvalue weighted by atomic mass is 10.1. The summed E-state index contributed by atoms with van der Waals surface area (Å²) in [5.41, 5.74) is -0.111. The van der Waals surface area contributed by atoms with Crippen LogP contribution >= 0.6 is 11.3 Å². The van der Waals surface area contributed by atoms with Crippen molar-refractivity contribution < 1.29 is 23.1 Å². The Bertz CT molecular complexity index is 780. The van der Waals surface area contributed by atoms with E-state index in [-0.39, 0.29) is 11.4 Å². The fraction of sp³-hybridized carbons (Fsp3) is 0.353. The van der Waals surface area contributed by atoms with Crippen molar-refractivity contribution in [3.63, 3.8) is 0 Å². The lowest BCUT2D eigenvalue weighted by molar-refractivity contribution is -0.119. The minimum atomic E-state index is -0.915. The quantitative estimate of drug-likeness (QED) is 0.680. The maximum atomic E-state index is 13.5. The number of nitrogens with zero attached hydrogens (tertiary/aromatic N) is 1. The van der Waals surface area contributed by atoms with E-state index in [2.05, 4.69) is 29.5 Å². The molecule has 0 spiro atoms. The molecule has 0 aliphatic heterocycles. The standard InChI is InChI=1S/C17H19F2N3O3S/c1-10(2)5-6-20-17-22-14(9-26-17)16(24)25-8-15(23)21-13-4-3-11(18)7-12(13)19/h3-4,7,9-10H,5-6,8H2,1-2H3,(H,20,22)(H,21,23). The zero-order valence-electron chi connectivity index (χ0n) is 14.3. The van der Waals surface area contributed by atoms with Gasteiger partial charge in [0.2, 0.25) is 0 Å². The van der Waals surface area contributed by atoms with E-state index in [4.69, 9.17) is 4.74 Å². The largest absolute Gasteiger partial charge is 0.451 e. The number of amides is 1. The van der Waals surface area contributed by atoms with Crippen LogP contribution in [0.2, 0.25) is 0 Å². The molecular formula is C17H19F2N3O3S. The van der Waals surface area contributed by atoms with E-state index in [1.54, 1.807) is 0 Å². The Hall–Kier alpha value is -2.55. The predicted molar refractivity (Wildman–Crippen MR) is 95.3 cm³/mol. The maximum absolute atomic E-state index is 13.5. The SMILES string of the molecule is CC(C)CCNc1nc(C(=O)OCC(=O)Nc2ccc(F)cc2F)cs1. The van der Waals surface area contributed by atoms with Crippen molar-refractivity contribution in [1.82, 2.24) is 4.98 Å². The first kappa shape index (κ1) is 19.8. The molecule has 0 aliphatic carbocycles. The molecule has 0 aliphatic rings. The number of carbonyl (C=O) groups is 2. The average molecular weight is 383 g/mol. The van der Waals surface area contributed by atoms with Gasteiger partial charge in [-0.1, -0.05) is 13.8 Å². The third-order valence-electron chi connectivity index (χ3n) is 3.25. The molecule has 1 heterocycles. The fourth-order valence-corrected chi connectivity index (χ4v) is 2.61. The van der Waals surface area contributed by atoms with Crippen molar-refractivity contribution in [2.24, 2.45) is 5.92 Å². The number of carbonyl (C=O) groups excluding carboxylic acids is 2. The van der Waals surface area contributed by atoms with Crippen LogP contribution in [0.4, 0.5) is 19.6 Å². The summed E-state index contributed by atoms with van der Waals surface area (Å²) in [6.07, 6.45) is 0.972. The van der Waals surface area contributed by atoms with Crippen molar-refractivity contribution >= 4 is 34.0 Å². The molecule has 0 saturated carbocycles. The first-order chi connectivity index (χ1) is 12.3. The number of rotatable bonds is 8. The molecule has 0 bridgehead atoms. The van der Waals surface area contributed by atoms with Gasteiger partial charge in [-0.15, -0.1) is 11.3 Å². The van der Waals surface area contributed by atoms with Gasteiger partial charge < -0.3 is 15.4 Å². The Morgan fingerprint density at radius 2 is 2.08 bits per heavy atom. The summed E-state index contributed by atoms with van der Waals surface area (Å²) in [6.45, 7) is 4.35. The summed E-state index contributed by atoms with van der Waals surface area (Å²) in [6, 6.07) is 2.73. The highest BCUT2D eigenvalue weighted by Gasteiger charge is 2.15. The first-order valence-electron chi connectivity index (χ1n) is 7.96. The Balaban J connectivity index is 1.80. The zero-order chi connectivity index (χ0) is 19.1. The van der Waals surface area contributed by atoms with Gasteiger partial charge in [0.25, 0.3) is 5.91 Å². The summed E-state index contributed by atoms with van der Waals surface area (Å²) in [5.74, 6) is -2.62. The summed E-state index contributed by atoms with van der Waals surface area (Å²) < 4.78 is 31.1. The van der Waals surface area contributed by atoms with Crippen LogP contribution in [0.15, 0.2) is 23.6 Å². The van der Waals surface area contributed by atoms with E-state index in [1.165, 1.54) is 16.7 Å². The molecule has 0 atom stereocenters. The molecule has 2 rings (SSSR count). The molecule has 6 nitrogen and oxygen atoms in total. The number of anilines is 2. The van der Waals surface area contributed by atoms with E-state index in [1.807, 2.05) is 0 Å². The lowest BCUT2D eigenvalue weighted by Crippen LogP contribution is -2.21. The van der Waals surface area contributed by atoms with Crippen molar-refractivity contribution in [1.29, 1.82) is 0 Å². The second-order valence-electron chi connectivity index (χ2n) is 5.90. The van der Waals surface area contributed by atoms with Gasteiger partial charge in [0.15, 0.2) is 17.4 Å². The number of esters is 1. The summed E-state index contributed by atoms with van der Waals surface area (Å²) in [4.78, 5) is 27.7. The van der Waals surface area contributed by atoms with Gasteiger partial charge in [0, 0.05) is 18.0 Å². The van der Waals surface area contributed by atoms with E-state index in [0.29, 0.717) is 17.1 Å². The van der Waals surface area contributed by atoms with Crippen molar-refractivity contribution in [3.8, 4) is 0 Å². The topological polar surface area (TPSA) is 80.3 Å². The minimum absolute atomic E-state index is 0.0859. The Labute approximate surface area is 153 Å². The van der Waals surface area contributed by atoms with Crippen molar-refractivity contribution in [3.05, 3.63) is 40.9 Å². The summed E-state index contributed by atoms with van der Waals surface area (Å²) in [7, 11) is 0. The number of hydrogen-bond donors (Lipinski definition) is 2. The monoisotopic (exact) mass is 383 g/mol. The van der Waals surface area contributed by atoms with Gasteiger partial charge in [-0.05, 0) is 24.5 Å². The van der Waals surface area contributed by atoms with Crippen LogP contribution in [0.1, 0.15) is 30.8 Å². The molecule has 2 aromatic rings. The average Bonchev–Trinajstić information content (AvgIpc) is 3.04. The van der Waals surface area contributed by atoms with E-state index in [9.17, 15) is 18.4 Å². The lowest BCUT2D eigenvalue weighted by Gasteiger charge is -2.07. The smallest absolute Gasteiger partial charge is 0.358 e. The van der Waals surface area contributed by atoms with Crippen LogP contribution in [-0.4, -0.2) is 30.0 Å². The molecule has 140 valence electrons. The van der Waals surface area contributed by atoms with Crippen LogP contribution in [0, 0.1) is 17.6 Å². The molecular weight excluding hydrogens is 364 g/mol.